The van der Waals surface area contributed by atoms with E-state index >= 15 is 0 Å². The van der Waals surface area contributed by atoms with Crippen LogP contribution in [0.4, 0.5) is 0 Å². The molecule has 0 N–H and O–H groups in total. The molecule has 1 aliphatic rings. The van der Waals surface area contributed by atoms with E-state index in [-0.39, 0.29) is 5.91 Å². The van der Waals surface area contributed by atoms with Crippen LogP contribution < -0.4 is 0 Å². The molecule has 2 heterocycles. The highest BCUT2D eigenvalue weighted by molar-refractivity contribution is 9.09. The van der Waals surface area contributed by atoms with E-state index in [1.54, 1.807) is 11.3 Å². The van der Waals surface area contributed by atoms with E-state index in [1.165, 1.54) is 4.88 Å². The van der Waals surface area contributed by atoms with Crippen molar-refractivity contribution in [3.63, 3.8) is 0 Å². The molecule has 1 aromatic rings. The van der Waals surface area contributed by atoms with Crippen molar-refractivity contribution in [2.75, 3.05) is 31.5 Å². The summed E-state index contributed by atoms with van der Waals surface area (Å²) >= 11 is 10.7. The summed E-state index contributed by atoms with van der Waals surface area (Å²) in [5.74, 6) is 0.184. The normalized spacial score (nSPS) is 17.4. The van der Waals surface area contributed by atoms with Gasteiger partial charge in [-0.25, -0.2) is 0 Å². The average Bonchev–Trinajstić information content (AvgIpc) is 2.75. The van der Waals surface area contributed by atoms with E-state index in [0.29, 0.717) is 5.33 Å². The monoisotopic (exact) mass is 336 g/mol. The van der Waals surface area contributed by atoms with Crippen LogP contribution >= 0.6 is 38.9 Å². The molecule has 1 fully saturated rings. The van der Waals surface area contributed by atoms with E-state index in [2.05, 4.69) is 26.9 Å². The Balaban J connectivity index is 1.81. The zero-order valence-corrected chi connectivity index (χ0v) is 12.5. The Bertz CT molecular complexity index is 391. The lowest BCUT2D eigenvalue weighted by atomic mass is 10.3. The number of nitrogens with zero attached hydrogens (tertiary/aromatic N) is 2. The predicted octanol–water partition coefficient (Wildman–Crippen LogP) is 2.44. The Labute approximate surface area is 118 Å². The van der Waals surface area contributed by atoms with Crippen molar-refractivity contribution >= 4 is 44.8 Å². The molecule has 2 rings (SSSR count). The highest BCUT2D eigenvalue weighted by Crippen LogP contribution is 2.23. The maximum atomic E-state index is 11.5. The van der Waals surface area contributed by atoms with Gasteiger partial charge in [-0.05, 0) is 12.1 Å². The van der Waals surface area contributed by atoms with E-state index in [9.17, 15) is 4.79 Å². The molecule has 0 unspecified atom stereocenters. The summed E-state index contributed by atoms with van der Waals surface area (Å²) in [5, 5.41) is 0.424. The van der Waals surface area contributed by atoms with Gasteiger partial charge in [-0.1, -0.05) is 27.5 Å². The van der Waals surface area contributed by atoms with E-state index in [4.69, 9.17) is 11.6 Å². The third-order valence-electron chi connectivity index (χ3n) is 2.85. The SMILES string of the molecule is O=C(CBr)N1CCN(Cc2ccc(Cl)s2)CC1. The van der Waals surface area contributed by atoms with Gasteiger partial charge in [0.05, 0.1) is 9.67 Å². The molecule has 0 aliphatic carbocycles. The van der Waals surface area contributed by atoms with Gasteiger partial charge in [-0.2, -0.15) is 0 Å². The summed E-state index contributed by atoms with van der Waals surface area (Å²) in [4.78, 5) is 17.0. The van der Waals surface area contributed by atoms with Crippen molar-refractivity contribution in [2.45, 2.75) is 6.54 Å². The molecule has 17 heavy (non-hydrogen) atoms. The van der Waals surface area contributed by atoms with Gasteiger partial charge >= 0.3 is 0 Å². The van der Waals surface area contributed by atoms with Crippen LogP contribution in [0.3, 0.4) is 0 Å². The van der Waals surface area contributed by atoms with Crippen molar-refractivity contribution in [3.8, 4) is 0 Å². The third kappa shape index (κ3) is 3.68. The third-order valence-corrected chi connectivity index (χ3v) is 4.54. The number of amides is 1. The Morgan fingerprint density at radius 1 is 1.35 bits per heavy atom. The summed E-state index contributed by atoms with van der Waals surface area (Å²) in [5.41, 5.74) is 0. The number of piperazine rings is 1. The number of halogens is 2. The van der Waals surface area contributed by atoms with Crippen molar-refractivity contribution in [3.05, 3.63) is 21.3 Å². The fourth-order valence-electron chi connectivity index (χ4n) is 1.90. The fraction of sp³-hybridized carbons (Fsp3) is 0.545. The molecular formula is C11H14BrClN2OS. The van der Waals surface area contributed by atoms with Crippen LogP contribution in [-0.4, -0.2) is 47.2 Å². The van der Waals surface area contributed by atoms with Gasteiger partial charge in [0.1, 0.15) is 0 Å². The number of thiophene rings is 1. The number of hydrogen-bond donors (Lipinski definition) is 0. The number of carbonyl (C=O) groups is 1. The molecule has 1 saturated heterocycles. The maximum absolute atomic E-state index is 11.5. The second kappa shape index (κ2) is 6.18. The first kappa shape index (κ1) is 13.3. The number of carbonyl (C=O) groups excluding carboxylic acids is 1. The van der Waals surface area contributed by atoms with Crippen LogP contribution in [-0.2, 0) is 11.3 Å². The quantitative estimate of drug-likeness (QED) is 0.791. The molecule has 1 aliphatic heterocycles. The minimum absolute atomic E-state index is 0.184. The Morgan fingerprint density at radius 3 is 2.59 bits per heavy atom. The number of rotatable bonds is 3. The summed E-state index contributed by atoms with van der Waals surface area (Å²) in [6, 6.07) is 4.01. The lowest BCUT2D eigenvalue weighted by Crippen LogP contribution is -2.48. The first-order valence-corrected chi connectivity index (χ1v) is 7.81. The van der Waals surface area contributed by atoms with Gasteiger partial charge in [0.15, 0.2) is 0 Å². The van der Waals surface area contributed by atoms with Crippen molar-refractivity contribution in [2.24, 2.45) is 0 Å². The van der Waals surface area contributed by atoms with E-state index in [1.807, 2.05) is 11.0 Å². The van der Waals surface area contributed by atoms with Crippen LogP contribution in [0.25, 0.3) is 0 Å². The molecule has 6 heteroatoms. The zero-order valence-electron chi connectivity index (χ0n) is 9.36. The number of hydrogen-bond acceptors (Lipinski definition) is 3. The Morgan fingerprint density at radius 2 is 2.06 bits per heavy atom. The second-order valence-electron chi connectivity index (χ2n) is 4.00. The van der Waals surface area contributed by atoms with Gasteiger partial charge < -0.3 is 4.90 Å². The summed E-state index contributed by atoms with van der Waals surface area (Å²) in [6.45, 7) is 4.46. The lowest BCUT2D eigenvalue weighted by molar-refractivity contribution is -0.130. The smallest absolute Gasteiger partial charge is 0.233 e. The average molecular weight is 338 g/mol. The molecule has 0 aromatic carbocycles. The molecule has 1 amide bonds. The summed E-state index contributed by atoms with van der Waals surface area (Å²) in [6.07, 6.45) is 0. The lowest BCUT2D eigenvalue weighted by Gasteiger charge is -2.34. The highest BCUT2D eigenvalue weighted by Gasteiger charge is 2.20. The predicted molar refractivity (Wildman–Crippen MR) is 75.0 cm³/mol. The molecule has 3 nitrogen and oxygen atoms in total. The minimum atomic E-state index is 0.184. The van der Waals surface area contributed by atoms with Gasteiger partial charge in [-0.3, -0.25) is 9.69 Å². The topological polar surface area (TPSA) is 23.6 Å². The fourth-order valence-corrected chi connectivity index (χ4v) is 3.38. The summed E-state index contributed by atoms with van der Waals surface area (Å²) < 4.78 is 0.841. The molecule has 0 bridgehead atoms. The van der Waals surface area contributed by atoms with Crippen LogP contribution in [0.2, 0.25) is 4.34 Å². The van der Waals surface area contributed by atoms with Crippen LogP contribution in [0, 0.1) is 0 Å². The second-order valence-corrected chi connectivity index (χ2v) is 6.36. The maximum Gasteiger partial charge on any atom is 0.233 e. The molecule has 0 saturated carbocycles. The van der Waals surface area contributed by atoms with Gasteiger partial charge in [0.2, 0.25) is 5.91 Å². The number of alkyl halides is 1. The molecule has 94 valence electrons. The largest absolute Gasteiger partial charge is 0.339 e. The standard InChI is InChI=1S/C11H14BrClN2OS/c12-7-11(16)15-5-3-14(4-6-15)8-9-1-2-10(13)17-9/h1-2H,3-8H2. The molecule has 1 aromatic heterocycles. The zero-order chi connectivity index (χ0) is 12.3. The Hall–Kier alpha value is -0.100. The van der Waals surface area contributed by atoms with E-state index < -0.39 is 0 Å². The van der Waals surface area contributed by atoms with E-state index in [0.717, 1.165) is 37.1 Å². The van der Waals surface area contributed by atoms with Crippen LogP contribution in [0.1, 0.15) is 4.88 Å². The molecule has 0 spiro atoms. The first-order valence-electron chi connectivity index (χ1n) is 5.49. The van der Waals surface area contributed by atoms with Crippen molar-refractivity contribution in [1.29, 1.82) is 0 Å². The first-order chi connectivity index (χ1) is 8.19. The van der Waals surface area contributed by atoms with Crippen LogP contribution in [0.5, 0.6) is 0 Å². The Kier molecular flexibility index (Phi) is 4.85. The molecule has 0 atom stereocenters. The van der Waals surface area contributed by atoms with Crippen molar-refractivity contribution in [1.82, 2.24) is 9.80 Å². The minimum Gasteiger partial charge on any atom is -0.339 e. The summed E-state index contributed by atoms with van der Waals surface area (Å²) in [7, 11) is 0. The van der Waals surface area contributed by atoms with Gasteiger partial charge in [-0.15, -0.1) is 11.3 Å². The van der Waals surface area contributed by atoms with Gasteiger partial charge in [0.25, 0.3) is 0 Å². The van der Waals surface area contributed by atoms with Crippen LogP contribution in [0.15, 0.2) is 12.1 Å². The molecule has 0 radical (unpaired) electrons. The van der Waals surface area contributed by atoms with Gasteiger partial charge in [0, 0.05) is 37.6 Å². The van der Waals surface area contributed by atoms with Crippen molar-refractivity contribution < 1.29 is 4.79 Å². The molecular weight excluding hydrogens is 324 g/mol. The highest BCUT2D eigenvalue weighted by atomic mass is 79.9.